The number of benzene rings is 1. The summed E-state index contributed by atoms with van der Waals surface area (Å²) >= 11 is 1.49. The van der Waals surface area contributed by atoms with Gasteiger partial charge >= 0.3 is 0 Å². The molecule has 0 unspecified atom stereocenters. The second-order valence-corrected chi connectivity index (χ2v) is 5.29. The van der Waals surface area contributed by atoms with E-state index >= 15 is 0 Å². The SMILES string of the molecule is Nc1nc2ccc(-c3cnc4nc[nH]c4c3)cc2s1. The maximum absolute atomic E-state index is 5.72. The van der Waals surface area contributed by atoms with E-state index in [4.69, 9.17) is 5.73 Å². The zero-order valence-corrected chi connectivity index (χ0v) is 10.6. The molecule has 0 amide bonds. The molecule has 0 saturated carbocycles. The van der Waals surface area contributed by atoms with Crippen LogP contribution in [0.25, 0.3) is 32.5 Å². The fourth-order valence-corrected chi connectivity index (χ4v) is 2.88. The van der Waals surface area contributed by atoms with Crippen molar-refractivity contribution in [1.29, 1.82) is 0 Å². The molecule has 4 aromatic rings. The Morgan fingerprint density at radius 2 is 2.05 bits per heavy atom. The van der Waals surface area contributed by atoms with Gasteiger partial charge in [-0.1, -0.05) is 17.4 Å². The molecule has 3 heterocycles. The van der Waals surface area contributed by atoms with Gasteiger partial charge in [-0.3, -0.25) is 0 Å². The fourth-order valence-electron chi connectivity index (χ4n) is 2.11. The molecule has 19 heavy (non-hydrogen) atoms. The molecule has 0 aliphatic carbocycles. The number of nitrogen functional groups attached to an aromatic ring is 1. The Kier molecular flexibility index (Phi) is 2.07. The minimum absolute atomic E-state index is 0.592. The Hall–Kier alpha value is -2.47. The van der Waals surface area contributed by atoms with Crippen LogP contribution in [-0.2, 0) is 0 Å². The average molecular weight is 267 g/mol. The zero-order valence-electron chi connectivity index (χ0n) is 9.79. The van der Waals surface area contributed by atoms with E-state index in [1.807, 2.05) is 24.4 Å². The van der Waals surface area contributed by atoms with Crippen LogP contribution in [0.4, 0.5) is 5.13 Å². The number of H-pyrrole nitrogens is 1. The van der Waals surface area contributed by atoms with Gasteiger partial charge in [-0.15, -0.1) is 0 Å². The number of hydrogen-bond acceptors (Lipinski definition) is 5. The number of nitrogens with zero attached hydrogens (tertiary/aromatic N) is 3. The lowest BCUT2D eigenvalue weighted by Gasteiger charge is -2.00. The molecule has 6 heteroatoms. The van der Waals surface area contributed by atoms with E-state index in [-0.39, 0.29) is 0 Å². The first kappa shape index (κ1) is 10.5. The van der Waals surface area contributed by atoms with Crippen LogP contribution < -0.4 is 5.73 Å². The first-order valence-electron chi connectivity index (χ1n) is 5.75. The number of anilines is 1. The zero-order chi connectivity index (χ0) is 12.8. The highest BCUT2D eigenvalue weighted by molar-refractivity contribution is 7.22. The second-order valence-electron chi connectivity index (χ2n) is 4.23. The van der Waals surface area contributed by atoms with Gasteiger partial charge in [-0.2, -0.15) is 0 Å². The van der Waals surface area contributed by atoms with Crippen LogP contribution in [0.2, 0.25) is 0 Å². The first-order chi connectivity index (χ1) is 9.29. The van der Waals surface area contributed by atoms with Crippen LogP contribution in [0.15, 0.2) is 36.8 Å². The molecule has 0 aliphatic rings. The van der Waals surface area contributed by atoms with Crippen molar-refractivity contribution in [2.75, 3.05) is 5.73 Å². The quantitative estimate of drug-likeness (QED) is 0.555. The molecule has 92 valence electrons. The number of thiazole rings is 1. The highest BCUT2D eigenvalue weighted by Gasteiger charge is 2.06. The number of nitrogens with two attached hydrogens (primary N) is 1. The van der Waals surface area contributed by atoms with Gasteiger partial charge in [0.2, 0.25) is 0 Å². The van der Waals surface area contributed by atoms with Crippen molar-refractivity contribution in [2.24, 2.45) is 0 Å². The molecule has 4 rings (SSSR count). The third-order valence-electron chi connectivity index (χ3n) is 3.01. The highest BCUT2D eigenvalue weighted by atomic mass is 32.1. The topological polar surface area (TPSA) is 80.5 Å². The number of rotatable bonds is 1. The summed E-state index contributed by atoms with van der Waals surface area (Å²) in [7, 11) is 0. The maximum atomic E-state index is 5.72. The first-order valence-corrected chi connectivity index (χ1v) is 6.57. The van der Waals surface area contributed by atoms with Gasteiger partial charge in [0.05, 0.1) is 22.1 Å². The van der Waals surface area contributed by atoms with Crippen LogP contribution in [0.3, 0.4) is 0 Å². The van der Waals surface area contributed by atoms with Gasteiger partial charge in [-0.05, 0) is 23.8 Å². The Morgan fingerprint density at radius 3 is 3.00 bits per heavy atom. The van der Waals surface area contributed by atoms with Crippen LogP contribution in [0.5, 0.6) is 0 Å². The third kappa shape index (κ3) is 1.65. The number of aromatic amines is 1. The summed E-state index contributed by atoms with van der Waals surface area (Å²) in [4.78, 5) is 15.8. The number of nitrogens with one attached hydrogen (secondary N) is 1. The van der Waals surface area contributed by atoms with Crippen LogP contribution in [0.1, 0.15) is 0 Å². The van der Waals surface area contributed by atoms with Gasteiger partial charge in [-0.25, -0.2) is 15.0 Å². The Balaban J connectivity index is 1.91. The summed E-state index contributed by atoms with van der Waals surface area (Å²) in [5, 5.41) is 0.592. The molecule has 0 spiro atoms. The normalized spacial score (nSPS) is 11.4. The molecule has 0 fully saturated rings. The summed E-state index contributed by atoms with van der Waals surface area (Å²) in [6.45, 7) is 0. The predicted octanol–water partition coefficient (Wildman–Crippen LogP) is 2.82. The minimum atomic E-state index is 0.592. The van der Waals surface area contributed by atoms with Gasteiger partial charge in [0, 0.05) is 11.8 Å². The largest absolute Gasteiger partial charge is 0.375 e. The Bertz CT molecular complexity index is 892. The van der Waals surface area contributed by atoms with Gasteiger partial charge in [0.25, 0.3) is 0 Å². The van der Waals surface area contributed by atoms with Gasteiger partial charge in [0.1, 0.15) is 0 Å². The smallest absolute Gasteiger partial charge is 0.181 e. The minimum Gasteiger partial charge on any atom is -0.375 e. The molecule has 1 aromatic carbocycles. The van der Waals surface area contributed by atoms with E-state index < -0.39 is 0 Å². The monoisotopic (exact) mass is 267 g/mol. The lowest BCUT2D eigenvalue weighted by molar-refractivity contribution is 1.30. The fraction of sp³-hybridized carbons (Fsp3) is 0. The predicted molar refractivity (Wildman–Crippen MR) is 76.9 cm³/mol. The van der Waals surface area contributed by atoms with E-state index in [2.05, 4.69) is 26.0 Å². The molecule has 0 saturated heterocycles. The van der Waals surface area contributed by atoms with E-state index in [0.29, 0.717) is 5.13 Å². The van der Waals surface area contributed by atoms with Crippen molar-refractivity contribution in [3.8, 4) is 11.1 Å². The summed E-state index contributed by atoms with van der Waals surface area (Å²) in [6, 6.07) is 8.14. The van der Waals surface area contributed by atoms with Crippen molar-refractivity contribution in [2.45, 2.75) is 0 Å². The molecular weight excluding hydrogens is 258 g/mol. The molecule has 5 nitrogen and oxygen atoms in total. The van der Waals surface area contributed by atoms with Gasteiger partial charge in [0.15, 0.2) is 10.8 Å². The average Bonchev–Trinajstić information content (AvgIpc) is 3.01. The van der Waals surface area contributed by atoms with E-state index in [1.165, 1.54) is 11.3 Å². The maximum Gasteiger partial charge on any atom is 0.181 e. The van der Waals surface area contributed by atoms with E-state index in [1.54, 1.807) is 6.33 Å². The van der Waals surface area contributed by atoms with Crippen LogP contribution in [-0.4, -0.2) is 19.9 Å². The number of imidazole rings is 1. The van der Waals surface area contributed by atoms with E-state index in [0.717, 1.165) is 32.5 Å². The molecule has 0 bridgehead atoms. The van der Waals surface area contributed by atoms with Crippen LogP contribution >= 0.6 is 11.3 Å². The van der Waals surface area contributed by atoms with E-state index in [9.17, 15) is 0 Å². The standard InChI is InChI=1S/C13H9N5S/c14-13-18-9-2-1-7(4-11(9)19-13)8-3-10-12(15-5-8)17-6-16-10/h1-6H,(H2,14,18)(H,15,16,17). The third-order valence-corrected chi connectivity index (χ3v) is 3.86. The highest BCUT2D eigenvalue weighted by Crippen LogP contribution is 2.29. The molecular formula is C13H9N5S. The second kappa shape index (κ2) is 3.76. The molecule has 0 radical (unpaired) electrons. The summed E-state index contributed by atoms with van der Waals surface area (Å²) in [5.41, 5.74) is 10.5. The summed E-state index contributed by atoms with van der Waals surface area (Å²) < 4.78 is 1.08. The molecule has 3 aromatic heterocycles. The molecule has 3 N–H and O–H groups in total. The van der Waals surface area contributed by atoms with Crippen molar-refractivity contribution < 1.29 is 0 Å². The van der Waals surface area contributed by atoms with Crippen molar-refractivity contribution in [3.05, 3.63) is 36.8 Å². The Morgan fingerprint density at radius 1 is 1.11 bits per heavy atom. The summed E-state index contributed by atoms with van der Waals surface area (Å²) in [6.07, 6.45) is 3.48. The number of aromatic nitrogens is 4. The lowest BCUT2D eigenvalue weighted by Crippen LogP contribution is -1.82. The van der Waals surface area contributed by atoms with Gasteiger partial charge < -0.3 is 10.7 Å². The molecule has 0 aliphatic heterocycles. The summed E-state index contributed by atoms with van der Waals surface area (Å²) in [5.74, 6) is 0. The van der Waals surface area contributed by atoms with Crippen molar-refractivity contribution in [1.82, 2.24) is 19.9 Å². The van der Waals surface area contributed by atoms with Crippen molar-refractivity contribution >= 4 is 37.8 Å². The van der Waals surface area contributed by atoms with Crippen molar-refractivity contribution in [3.63, 3.8) is 0 Å². The number of fused-ring (bicyclic) bond motifs is 2. The molecule has 0 atom stereocenters. The number of pyridine rings is 1. The Labute approximate surface area is 112 Å². The number of hydrogen-bond donors (Lipinski definition) is 2. The lowest BCUT2D eigenvalue weighted by atomic mass is 10.1. The van der Waals surface area contributed by atoms with Crippen LogP contribution in [0, 0.1) is 0 Å².